The van der Waals surface area contributed by atoms with Gasteiger partial charge in [0, 0.05) is 35.9 Å². The minimum absolute atomic E-state index is 0.0918. The summed E-state index contributed by atoms with van der Waals surface area (Å²) in [6.07, 6.45) is 5.91. The van der Waals surface area contributed by atoms with Gasteiger partial charge in [-0.15, -0.1) is 0 Å². The lowest BCUT2D eigenvalue weighted by Crippen LogP contribution is -2.25. The fraction of sp³-hybridized carbons (Fsp3) is 0.385. The maximum Gasteiger partial charge on any atom is 0.268 e. The highest BCUT2D eigenvalue weighted by atomic mass is 79.9. The highest BCUT2D eigenvalue weighted by Crippen LogP contribution is 2.37. The molecule has 2 aromatic rings. The molecule has 6 nitrogen and oxygen atoms in total. The number of hydrogen-bond acceptors (Lipinski definition) is 3. The van der Waals surface area contributed by atoms with E-state index < -0.39 is 0 Å². The number of rotatable bonds is 4. The number of aryl methyl sites for hydroxylation is 1. The predicted octanol–water partition coefficient (Wildman–Crippen LogP) is 1.83. The lowest BCUT2D eigenvalue weighted by molar-refractivity contribution is 0.0941. The zero-order valence-corrected chi connectivity index (χ0v) is 12.7. The van der Waals surface area contributed by atoms with E-state index in [1.165, 1.54) is 0 Å². The predicted molar refractivity (Wildman–Crippen MR) is 79.2 cm³/mol. The zero-order valence-electron chi connectivity index (χ0n) is 11.1. The number of halogens is 1. The summed E-state index contributed by atoms with van der Waals surface area (Å²) >= 11 is 3.42. The summed E-state index contributed by atoms with van der Waals surface area (Å²) < 4.78 is 4.55. The monoisotopic (exact) mass is 337 g/mol. The third-order valence-electron chi connectivity index (χ3n) is 3.49. The molecule has 0 aliphatic heterocycles. The third kappa shape index (κ3) is 2.45. The molecule has 1 amide bonds. The highest BCUT2D eigenvalue weighted by Gasteiger charge is 2.27. The number of nitrogens with two attached hydrogens (primary N) is 1. The molecule has 20 heavy (non-hydrogen) atoms. The SMILES string of the molecule is Cn1ncc(CNC(=O)c2cc(Br)cn2C2CC2)c1N. The van der Waals surface area contributed by atoms with Crippen LogP contribution in [0.1, 0.15) is 34.9 Å². The molecular formula is C13H16BrN5O. The van der Waals surface area contributed by atoms with E-state index in [4.69, 9.17) is 5.73 Å². The van der Waals surface area contributed by atoms with Crippen molar-refractivity contribution in [3.05, 3.63) is 34.2 Å². The maximum absolute atomic E-state index is 12.3. The van der Waals surface area contributed by atoms with Crippen molar-refractivity contribution >= 4 is 27.7 Å². The molecule has 3 N–H and O–H groups in total. The average molecular weight is 338 g/mol. The maximum atomic E-state index is 12.3. The summed E-state index contributed by atoms with van der Waals surface area (Å²) in [4.78, 5) is 12.3. The molecule has 0 spiro atoms. The molecule has 0 bridgehead atoms. The first kappa shape index (κ1) is 13.2. The van der Waals surface area contributed by atoms with Gasteiger partial charge in [-0.1, -0.05) is 0 Å². The zero-order chi connectivity index (χ0) is 14.3. The van der Waals surface area contributed by atoms with E-state index in [1.807, 2.05) is 16.8 Å². The van der Waals surface area contributed by atoms with Crippen molar-refractivity contribution < 1.29 is 4.79 Å². The molecule has 1 aliphatic carbocycles. The van der Waals surface area contributed by atoms with Crippen LogP contribution in [0.15, 0.2) is 22.9 Å². The Hall–Kier alpha value is -1.76. The van der Waals surface area contributed by atoms with Gasteiger partial charge >= 0.3 is 0 Å². The fourth-order valence-electron chi connectivity index (χ4n) is 2.18. The Bertz CT molecular complexity index is 656. The minimum atomic E-state index is -0.0918. The Balaban J connectivity index is 1.72. The Morgan fingerprint density at radius 2 is 2.35 bits per heavy atom. The van der Waals surface area contributed by atoms with Gasteiger partial charge in [0.15, 0.2) is 0 Å². The van der Waals surface area contributed by atoms with Gasteiger partial charge in [-0.2, -0.15) is 5.10 Å². The number of nitrogen functional groups attached to an aromatic ring is 1. The summed E-state index contributed by atoms with van der Waals surface area (Å²) in [5, 5.41) is 6.95. The Morgan fingerprint density at radius 1 is 1.60 bits per heavy atom. The molecule has 0 radical (unpaired) electrons. The number of hydrogen-bond donors (Lipinski definition) is 2. The van der Waals surface area contributed by atoms with Gasteiger partial charge in [-0.05, 0) is 34.8 Å². The first-order chi connectivity index (χ1) is 9.56. The van der Waals surface area contributed by atoms with Crippen molar-refractivity contribution in [3.63, 3.8) is 0 Å². The molecule has 1 saturated carbocycles. The van der Waals surface area contributed by atoms with Crippen molar-refractivity contribution in [1.82, 2.24) is 19.7 Å². The number of carbonyl (C=O) groups is 1. The lowest BCUT2D eigenvalue weighted by Gasteiger charge is -2.08. The van der Waals surface area contributed by atoms with Crippen molar-refractivity contribution in [2.24, 2.45) is 7.05 Å². The van der Waals surface area contributed by atoms with Gasteiger partial charge < -0.3 is 15.6 Å². The van der Waals surface area contributed by atoms with Gasteiger partial charge in [0.1, 0.15) is 11.5 Å². The Labute approximate surface area is 125 Å². The van der Waals surface area contributed by atoms with Crippen LogP contribution >= 0.6 is 15.9 Å². The number of anilines is 1. The molecule has 106 valence electrons. The number of aromatic nitrogens is 3. The first-order valence-electron chi connectivity index (χ1n) is 6.48. The second-order valence-corrected chi connectivity index (χ2v) is 5.96. The van der Waals surface area contributed by atoms with Crippen molar-refractivity contribution in [1.29, 1.82) is 0 Å². The van der Waals surface area contributed by atoms with Gasteiger partial charge in [0.25, 0.3) is 5.91 Å². The van der Waals surface area contributed by atoms with Crippen LogP contribution in [0.25, 0.3) is 0 Å². The van der Waals surface area contributed by atoms with E-state index in [0.717, 1.165) is 22.9 Å². The van der Waals surface area contributed by atoms with Crippen LogP contribution in [0, 0.1) is 0 Å². The van der Waals surface area contributed by atoms with E-state index in [-0.39, 0.29) is 5.91 Å². The second kappa shape index (κ2) is 4.97. The number of nitrogens with one attached hydrogen (secondary N) is 1. The topological polar surface area (TPSA) is 77.9 Å². The first-order valence-corrected chi connectivity index (χ1v) is 7.27. The normalized spacial score (nSPS) is 14.5. The summed E-state index contributed by atoms with van der Waals surface area (Å²) in [6, 6.07) is 2.31. The molecule has 2 aromatic heterocycles. The van der Waals surface area contributed by atoms with Crippen LogP contribution in [0.4, 0.5) is 5.82 Å². The molecule has 0 unspecified atom stereocenters. The highest BCUT2D eigenvalue weighted by molar-refractivity contribution is 9.10. The second-order valence-electron chi connectivity index (χ2n) is 5.04. The van der Waals surface area contributed by atoms with E-state index in [1.54, 1.807) is 17.9 Å². The Morgan fingerprint density at radius 3 is 2.95 bits per heavy atom. The van der Waals surface area contributed by atoms with E-state index in [2.05, 4.69) is 26.3 Å². The molecule has 3 rings (SSSR count). The van der Waals surface area contributed by atoms with Crippen LogP contribution in [-0.4, -0.2) is 20.3 Å². The van der Waals surface area contributed by atoms with Crippen molar-refractivity contribution in [3.8, 4) is 0 Å². The molecule has 0 atom stereocenters. The molecule has 7 heteroatoms. The van der Waals surface area contributed by atoms with Crippen molar-refractivity contribution in [2.75, 3.05) is 5.73 Å². The van der Waals surface area contributed by atoms with E-state index >= 15 is 0 Å². The summed E-state index contributed by atoms with van der Waals surface area (Å²) in [5.41, 5.74) is 7.36. The molecule has 0 saturated heterocycles. The lowest BCUT2D eigenvalue weighted by atomic mass is 10.3. The summed E-state index contributed by atoms with van der Waals surface area (Å²) in [7, 11) is 1.77. The number of nitrogens with zero attached hydrogens (tertiary/aromatic N) is 3. The number of carbonyl (C=O) groups excluding carboxylic acids is 1. The standard InChI is InChI=1S/C13H16BrN5O/c1-18-12(15)8(6-17-18)5-16-13(20)11-4-9(14)7-19(11)10-2-3-10/h4,6-7,10H,2-3,5,15H2,1H3,(H,16,20). The molecule has 1 aliphatic rings. The molecule has 1 fully saturated rings. The third-order valence-corrected chi connectivity index (χ3v) is 3.93. The fourth-order valence-corrected chi connectivity index (χ4v) is 2.61. The largest absolute Gasteiger partial charge is 0.384 e. The minimum Gasteiger partial charge on any atom is -0.384 e. The van der Waals surface area contributed by atoms with Crippen LogP contribution in [-0.2, 0) is 13.6 Å². The van der Waals surface area contributed by atoms with Crippen LogP contribution in [0.3, 0.4) is 0 Å². The molecule has 2 heterocycles. The average Bonchev–Trinajstić information content (AvgIpc) is 3.13. The van der Waals surface area contributed by atoms with E-state index in [9.17, 15) is 4.79 Å². The smallest absolute Gasteiger partial charge is 0.268 e. The van der Waals surface area contributed by atoms with Crippen LogP contribution in [0.5, 0.6) is 0 Å². The van der Waals surface area contributed by atoms with Gasteiger partial charge in [0.05, 0.1) is 6.20 Å². The van der Waals surface area contributed by atoms with Crippen LogP contribution in [0.2, 0.25) is 0 Å². The summed E-state index contributed by atoms with van der Waals surface area (Å²) in [6.45, 7) is 0.381. The molecular weight excluding hydrogens is 322 g/mol. The van der Waals surface area contributed by atoms with E-state index in [0.29, 0.717) is 24.1 Å². The van der Waals surface area contributed by atoms with Gasteiger partial charge in [-0.25, -0.2) is 0 Å². The summed E-state index contributed by atoms with van der Waals surface area (Å²) in [5.74, 6) is 0.481. The quantitative estimate of drug-likeness (QED) is 0.893. The van der Waals surface area contributed by atoms with Gasteiger partial charge in [-0.3, -0.25) is 9.48 Å². The Kier molecular flexibility index (Phi) is 3.29. The van der Waals surface area contributed by atoms with Crippen LogP contribution < -0.4 is 11.1 Å². The van der Waals surface area contributed by atoms with Crippen molar-refractivity contribution in [2.45, 2.75) is 25.4 Å². The molecule has 0 aromatic carbocycles. The number of amides is 1. The van der Waals surface area contributed by atoms with Gasteiger partial charge in [0.2, 0.25) is 0 Å².